The van der Waals surface area contributed by atoms with Crippen molar-refractivity contribution >= 4 is 29.5 Å². The lowest BCUT2D eigenvalue weighted by atomic mass is 10.2. The van der Waals surface area contributed by atoms with E-state index in [1.807, 2.05) is 4.98 Å². The van der Waals surface area contributed by atoms with Crippen LogP contribution in [0.3, 0.4) is 0 Å². The third-order valence-electron chi connectivity index (χ3n) is 3.04. The van der Waals surface area contributed by atoms with E-state index in [0.717, 1.165) is 16.8 Å². The molecule has 0 aliphatic rings. The van der Waals surface area contributed by atoms with E-state index >= 15 is 0 Å². The maximum absolute atomic E-state index is 11.7. The Morgan fingerprint density at radius 2 is 2.17 bits per heavy atom. The Morgan fingerprint density at radius 1 is 1.48 bits per heavy atom. The number of aliphatic imine (C=N–C) groups is 1. The average Bonchev–Trinajstić information content (AvgIpc) is 2.48. The number of aromatic nitrogens is 2. The van der Waals surface area contributed by atoms with Crippen molar-refractivity contribution in [2.75, 3.05) is 0 Å². The molecule has 2 rings (SSSR count). The summed E-state index contributed by atoms with van der Waals surface area (Å²) in [5, 5.41) is 20.8. The molecule has 0 radical (unpaired) electrons. The molecule has 0 amide bonds. The highest BCUT2D eigenvalue weighted by Gasteiger charge is 2.11. The van der Waals surface area contributed by atoms with Gasteiger partial charge in [-0.3, -0.25) is 19.3 Å². The molecule has 0 fully saturated rings. The van der Waals surface area contributed by atoms with Gasteiger partial charge in [0.15, 0.2) is 0 Å². The molecule has 2 N–H and O–H groups in total. The third kappa shape index (κ3) is 3.32. The van der Waals surface area contributed by atoms with Crippen molar-refractivity contribution in [1.82, 2.24) is 9.55 Å². The van der Waals surface area contributed by atoms with Crippen LogP contribution in [-0.2, 0) is 6.54 Å². The van der Waals surface area contributed by atoms with Gasteiger partial charge in [-0.15, -0.1) is 0 Å². The normalized spacial score (nSPS) is 11.0. The van der Waals surface area contributed by atoms with Gasteiger partial charge >= 0.3 is 5.69 Å². The molecule has 0 unspecified atom stereocenters. The Labute approximate surface area is 134 Å². The van der Waals surface area contributed by atoms with Gasteiger partial charge in [-0.2, -0.15) is 0 Å². The number of carbonyl (C=O) groups is 1. The number of hydrogen-bond donors (Lipinski definition) is 2. The van der Waals surface area contributed by atoms with E-state index in [-0.39, 0.29) is 28.4 Å². The molecule has 8 nitrogen and oxygen atoms in total. The number of carbonyl (C=O) groups excluding carboxylic acids is 1. The maximum Gasteiger partial charge on any atom is 0.331 e. The van der Waals surface area contributed by atoms with Gasteiger partial charge in [0.05, 0.1) is 11.7 Å². The number of hydrogen-bond acceptors (Lipinski definition) is 6. The molecule has 0 saturated carbocycles. The van der Waals surface area contributed by atoms with E-state index in [2.05, 4.69) is 4.99 Å². The second-order valence-electron chi connectivity index (χ2n) is 4.45. The number of H-pyrrole nitrogens is 1. The molecular formula is C14H11ClN3O5-. The molecular weight excluding hydrogens is 326 g/mol. The monoisotopic (exact) mass is 336 g/mol. The first-order valence-corrected chi connectivity index (χ1v) is 6.84. The Balaban J connectivity index is 2.50. The number of carboxylic acids is 1. The zero-order valence-electron chi connectivity index (χ0n) is 11.9. The van der Waals surface area contributed by atoms with Crippen LogP contribution in [0.1, 0.15) is 22.8 Å². The maximum atomic E-state index is 11.7. The summed E-state index contributed by atoms with van der Waals surface area (Å²) >= 11 is 5.71. The van der Waals surface area contributed by atoms with E-state index < -0.39 is 23.1 Å². The van der Waals surface area contributed by atoms with Crippen LogP contribution in [0.4, 0.5) is 5.69 Å². The van der Waals surface area contributed by atoms with Crippen LogP contribution in [-0.4, -0.2) is 26.8 Å². The summed E-state index contributed by atoms with van der Waals surface area (Å²) in [6.07, 6.45) is 1.03. The lowest BCUT2D eigenvalue weighted by Crippen LogP contribution is -2.31. The largest absolute Gasteiger partial charge is 0.545 e. The van der Waals surface area contributed by atoms with Crippen molar-refractivity contribution in [3.8, 4) is 5.88 Å². The van der Waals surface area contributed by atoms with Gasteiger partial charge in [-0.25, -0.2) is 4.79 Å². The highest BCUT2D eigenvalue weighted by molar-refractivity contribution is 6.33. The number of benzene rings is 1. The number of aromatic amines is 1. The van der Waals surface area contributed by atoms with Gasteiger partial charge in [0, 0.05) is 23.3 Å². The fourth-order valence-electron chi connectivity index (χ4n) is 1.87. The Bertz CT molecular complexity index is 914. The highest BCUT2D eigenvalue weighted by Crippen LogP contribution is 2.22. The first-order chi connectivity index (χ1) is 10.8. The van der Waals surface area contributed by atoms with Gasteiger partial charge < -0.3 is 15.0 Å². The van der Waals surface area contributed by atoms with Crippen LogP contribution >= 0.6 is 11.6 Å². The average molecular weight is 337 g/mol. The van der Waals surface area contributed by atoms with E-state index in [1.54, 1.807) is 6.92 Å². The lowest BCUT2D eigenvalue weighted by Gasteiger charge is -2.07. The Hall–Kier alpha value is -2.87. The zero-order chi connectivity index (χ0) is 17.1. The molecule has 9 heteroatoms. The molecule has 0 spiro atoms. The van der Waals surface area contributed by atoms with Crippen LogP contribution < -0.4 is 16.4 Å². The second-order valence-corrected chi connectivity index (χ2v) is 4.86. The minimum absolute atomic E-state index is 0.0100. The number of aromatic carboxylic acids is 1. The summed E-state index contributed by atoms with van der Waals surface area (Å²) in [5.74, 6) is -1.99. The fraction of sp³-hybridized carbons (Fsp3) is 0.143. The topological polar surface area (TPSA) is 128 Å². The predicted molar refractivity (Wildman–Crippen MR) is 81.7 cm³/mol. The van der Waals surface area contributed by atoms with Crippen molar-refractivity contribution < 1.29 is 15.0 Å². The molecule has 23 heavy (non-hydrogen) atoms. The quantitative estimate of drug-likeness (QED) is 0.761. The van der Waals surface area contributed by atoms with Crippen LogP contribution in [0.2, 0.25) is 5.02 Å². The van der Waals surface area contributed by atoms with Gasteiger partial charge in [-0.1, -0.05) is 11.6 Å². The number of rotatable bonds is 4. The van der Waals surface area contributed by atoms with Crippen LogP contribution in [0, 0.1) is 0 Å². The van der Waals surface area contributed by atoms with Crippen LogP contribution in [0.15, 0.2) is 32.8 Å². The fourth-order valence-corrected chi connectivity index (χ4v) is 2.07. The number of nitrogens with zero attached hydrogens (tertiary/aromatic N) is 2. The van der Waals surface area contributed by atoms with Crippen molar-refractivity contribution in [3.05, 3.63) is 55.2 Å². The van der Waals surface area contributed by atoms with Gasteiger partial charge in [-0.05, 0) is 25.1 Å². The molecule has 120 valence electrons. The summed E-state index contributed by atoms with van der Waals surface area (Å²) in [7, 11) is 0. The SMILES string of the molecule is CCn1c(O)c(C=Nc2ccc(Cl)c(C(=O)[O-])c2)c(=O)[nH]c1=O. The van der Waals surface area contributed by atoms with Gasteiger partial charge in [0.2, 0.25) is 5.88 Å². The summed E-state index contributed by atoms with van der Waals surface area (Å²) in [6.45, 7) is 1.77. The first kappa shape index (κ1) is 16.5. The lowest BCUT2D eigenvalue weighted by molar-refractivity contribution is -0.255. The van der Waals surface area contributed by atoms with Crippen molar-refractivity contribution in [2.45, 2.75) is 13.5 Å². The Morgan fingerprint density at radius 3 is 2.78 bits per heavy atom. The highest BCUT2D eigenvalue weighted by atomic mass is 35.5. The number of nitrogens with one attached hydrogen (secondary N) is 1. The zero-order valence-corrected chi connectivity index (χ0v) is 12.6. The molecule has 0 aliphatic carbocycles. The van der Waals surface area contributed by atoms with Crippen molar-refractivity contribution in [3.63, 3.8) is 0 Å². The van der Waals surface area contributed by atoms with E-state index in [9.17, 15) is 24.6 Å². The molecule has 1 aromatic carbocycles. The molecule has 0 saturated heterocycles. The Kier molecular flexibility index (Phi) is 4.65. The molecule has 2 aromatic rings. The third-order valence-corrected chi connectivity index (χ3v) is 3.37. The van der Waals surface area contributed by atoms with E-state index in [0.29, 0.717) is 0 Å². The summed E-state index contributed by atoms with van der Waals surface area (Å²) in [5.41, 5.74) is -1.84. The second kappa shape index (κ2) is 6.49. The summed E-state index contributed by atoms with van der Waals surface area (Å²) < 4.78 is 0.956. The number of halogens is 1. The molecule has 1 aromatic heterocycles. The predicted octanol–water partition coefficient (Wildman–Crippen LogP) is 0.0296. The van der Waals surface area contributed by atoms with Crippen molar-refractivity contribution in [1.29, 1.82) is 0 Å². The van der Waals surface area contributed by atoms with Crippen LogP contribution in [0.5, 0.6) is 5.88 Å². The minimum Gasteiger partial charge on any atom is -0.545 e. The van der Waals surface area contributed by atoms with E-state index in [1.165, 1.54) is 12.1 Å². The molecule has 0 atom stereocenters. The summed E-state index contributed by atoms with van der Waals surface area (Å²) in [6, 6.07) is 3.90. The van der Waals surface area contributed by atoms with Gasteiger partial charge in [0.1, 0.15) is 5.56 Å². The van der Waals surface area contributed by atoms with Gasteiger partial charge in [0.25, 0.3) is 5.56 Å². The van der Waals surface area contributed by atoms with E-state index in [4.69, 9.17) is 11.6 Å². The standard InChI is InChI=1S/C14H12ClN3O5/c1-2-18-12(20)9(11(19)17-14(18)23)6-16-7-3-4-10(15)8(5-7)13(21)22/h3-6,20H,2H2,1H3,(H,21,22)(H,17,19,23)/p-1. The number of aromatic hydroxyl groups is 1. The summed E-state index contributed by atoms with van der Waals surface area (Å²) in [4.78, 5) is 40.1. The molecule has 0 aliphatic heterocycles. The van der Waals surface area contributed by atoms with Crippen LogP contribution in [0.25, 0.3) is 0 Å². The van der Waals surface area contributed by atoms with Crippen molar-refractivity contribution in [2.24, 2.45) is 4.99 Å². The smallest absolute Gasteiger partial charge is 0.331 e. The molecule has 1 heterocycles. The minimum atomic E-state index is -1.47. The first-order valence-electron chi connectivity index (χ1n) is 6.46. The molecule has 0 bridgehead atoms. The number of carboxylic acid groups (broad SMARTS) is 1.